The number of nitrogens with zero attached hydrogens (tertiary/aromatic N) is 1. The first-order valence-electron chi connectivity index (χ1n) is 6.31. The molecule has 0 spiro atoms. The van der Waals surface area contributed by atoms with Crippen molar-refractivity contribution in [3.05, 3.63) is 63.2 Å². The van der Waals surface area contributed by atoms with Crippen molar-refractivity contribution in [2.24, 2.45) is 0 Å². The molecule has 0 aromatic heterocycles. The van der Waals surface area contributed by atoms with Crippen LogP contribution in [0, 0.1) is 24.0 Å². The maximum absolute atomic E-state index is 12.1. The molecule has 0 saturated carbocycles. The van der Waals surface area contributed by atoms with E-state index < -0.39 is 4.92 Å². The van der Waals surface area contributed by atoms with Gasteiger partial charge in [0.2, 0.25) is 0 Å². The molecule has 21 heavy (non-hydrogen) atoms. The number of nitrogens with two attached hydrogens (primary N) is 1. The molecule has 0 aliphatic heterocycles. The van der Waals surface area contributed by atoms with Gasteiger partial charge in [-0.25, -0.2) is 0 Å². The van der Waals surface area contributed by atoms with Gasteiger partial charge in [0.1, 0.15) is 0 Å². The molecule has 1 amide bonds. The third-order valence-corrected chi connectivity index (χ3v) is 3.18. The number of hydrogen-bond acceptors (Lipinski definition) is 4. The number of anilines is 2. The van der Waals surface area contributed by atoms with E-state index in [-0.39, 0.29) is 11.6 Å². The van der Waals surface area contributed by atoms with Crippen LogP contribution in [-0.2, 0) is 0 Å². The maximum atomic E-state index is 12.1. The molecule has 0 bridgehead atoms. The first kappa shape index (κ1) is 14.5. The van der Waals surface area contributed by atoms with Crippen LogP contribution in [0.5, 0.6) is 0 Å². The molecule has 2 aromatic carbocycles. The molecule has 108 valence electrons. The summed E-state index contributed by atoms with van der Waals surface area (Å²) in [5.74, 6) is -0.286. The van der Waals surface area contributed by atoms with Crippen LogP contribution in [0.1, 0.15) is 21.5 Å². The van der Waals surface area contributed by atoms with Crippen molar-refractivity contribution < 1.29 is 9.72 Å². The van der Waals surface area contributed by atoms with Gasteiger partial charge in [-0.2, -0.15) is 0 Å². The zero-order chi connectivity index (χ0) is 15.6. The molecule has 2 aromatic rings. The summed E-state index contributed by atoms with van der Waals surface area (Å²) in [4.78, 5) is 22.4. The summed E-state index contributed by atoms with van der Waals surface area (Å²) in [6, 6.07) is 9.46. The van der Waals surface area contributed by atoms with Crippen LogP contribution in [0.4, 0.5) is 17.1 Å². The fourth-order valence-corrected chi connectivity index (χ4v) is 1.96. The molecule has 0 aliphatic carbocycles. The second kappa shape index (κ2) is 5.62. The summed E-state index contributed by atoms with van der Waals surface area (Å²) in [6.45, 7) is 3.45. The molecule has 2 rings (SSSR count). The third kappa shape index (κ3) is 3.17. The summed E-state index contributed by atoms with van der Waals surface area (Å²) in [5, 5.41) is 13.5. The fraction of sp³-hybridized carbons (Fsp3) is 0.133. The predicted molar refractivity (Wildman–Crippen MR) is 81.4 cm³/mol. The van der Waals surface area contributed by atoms with Crippen molar-refractivity contribution in [1.82, 2.24) is 0 Å². The van der Waals surface area contributed by atoms with Crippen LogP contribution in [0.15, 0.2) is 36.4 Å². The minimum atomic E-state index is -0.454. The molecule has 0 saturated heterocycles. The SMILES string of the molecule is Cc1cc(C(=O)Nc2ccc([N+](=O)[O-])c(C)c2)ccc1N. The summed E-state index contributed by atoms with van der Waals surface area (Å²) in [5.41, 5.74) is 8.67. The summed E-state index contributed by atoms with van der Waals surface area (Å²) >= 11 is 0. The van der Waals surface area contributed by atoms with E-state index in [4.69, 9.17) is 5.73 Å². The number of nitro groups is 1. The Kier molecular flexibility index (Phi) is 3.89. The molecular weight excluding hydrogens is 270 g/mol. The normalized spacial score (nSPS) is 10.2. The predicted octanol–water partition coefficient (Wildman–Crippen LogP) is 3.05. The van der Waals surface area contributed by atoms with Crippen molar-refractivity contribution in [2.45, 2.75) is 13.8 Å². The summed E-state index contributed by atoms with van der Waals surface area (Å²) < 4.78 is 0. The number of carbonyl (C=O) groups is 1. The van der Waals surface area contributed by atoms with Gasteiger partial charge in [-0.05, 0) is 49.7 Å². The fourth-order valence-electron chi connectivity index (χ4n) is 1.96. The van der Waals surface area contributed by atoms with Crippen LogP contribution in [0.3, 0.4) is 0 Å². The highest BCUT2D eigenvalue weighted by Gasteiger charge is 2.12. The van der Waals surface area contributed by atoms with E-state index in [1.807, 2.05) is 6.92 Å². The van der Waals surface area contributed by atoms with Gasteiger partial charge in [0.15, 0.2) is 0 Å². The van der Waals surface area contributed by atoms with Crippen molar-refractivity contribution >= 4 is 23.0 Å². The highest BCUT2D eigenvalue weighted by Crippen LogP contribution is 2.22. The number of hydrogen-bond donors (Lipinski definition) is 2. The van der Waals surface area contributed by atoms with Gasteiger partial charge in [0.05, 0.1) is 4.92 Å². The lowest BCUT2D eigenvalue weighted by molar-refractivity contribution is -0.385. The van der Waals surface area contributed by atoms with E-state index in [0.717, 1.165) is 5.56 Å². The standard InChI is InChI=1S/C15H15N3O3/c1-9-7-11(3-5-13(9)16)15(19)17-12-4-6-14(18(20)21)10(2)8-12/h3-8H,16H2,1-2H3,(H,17,19). The van der Waals surface area contributed by atoms with E-state index in [2.05, 4.69) is 5.32 Å². The van der Waals surface area contributed by atoms with Crippen molar-refractivity contribution in [1.29, 1.82) is 0 Å². The minimum Gasteiger partial charge on any atom is -0.399 e. The van der Waals surface area contributed by atoms with Gasteiger partial charge in [0.25, 0.3) is 11.6 Å². The van der Waals surface area contributed by atoms with Crippen LogP contribution in [0.2, 0.25) is 0 Å². The average Bonchev–Trinajstić information content (AvgIpc) is 2.41. The second-order valence-electron chi connectivity index (χ2n) is 4.78. The lowest BCUT2D eigenvalue weighted by Gasteiger charge is -2.08. The van der Waals surface area contributed by atoms with Gasteiger partial charge in [-0.15, -0.1) is 0 Å². The number of nitrogens with one attached hydrogen (secondary N) is 1. The average molecular weight is 285 g/mol. The van der Waals surface area contributed by atoms with Crippen LogP contribution >= 0.6 is 0 Å². The Labute approximate surface area is 121 Å². The first-order chi connectivity index (χ1) is 9.88. The second-order valence-corrected chi connectivity index (χ2v) is 4.78. The number of nitrogen functional groups attached to an aromatic ring is 1. The Balaban J connectivity index is 2.21. The van der Waals surface area contributed by atoms with E-state index >= 15 is 0 Å². The van der Waals surface area contributed by atoms with Gasteiger partial charge in [-0.1, -0.05) is 0 Å². The largest absolute Gasteiger partial charge is 0.399 e. The van der Waals surface area contributed by atoms with Gasteiger partial charge >= 0.3 is 0 Å². The lowest BCUT2D eigenvalue weighted by atomic mass is 10.1. The number of amides is 1. The molecule has 0 aliphatic rings. The van der Waals surface area contributed by atoms with E-state index in [1.165, 1.54) is 12.1 Å². The monoisotopic (exact) mass is 285 g/mol. The topological polar surface area (TPSA) is 98.3 Å². The Morgan fingerprint density at radius 2 is 1.86 bits per heavy atom. The highest BCUT2D eigenvalue weighted by molar-refractivity contribution is 6.04. The smallest absolute Gasteiger partial charge is 0.272 e. The number of aryl methyl sites for hydroxylation is 2. The minimum absolute atomic E-state index is 0.0244. The Morgan fingerprint density at radius 3 is 2.43 bits per heavy atom. The van der Waals surface area contributed by atoms with E-state index in [9.17, 15) is 14.9 Å². The van der Waals surface area contributed by atoms with Gasteiger partial charge < -0.3 is 11.1 Å². The van der Waals surface area contributed by atoms with E-state index in [0.29, 0.717) is 22.5 Å². The highest BCUT2D eigenvalue weighted by atomic mass is 16.6. The molecule has 0 atom stereocenters. The molecule has 0 heterocycles. The Morgan fingerprint density at radius 1 is 1.14 bits per heavy atom. The number of carbonyl (C=O) groups excluding carboxylic acids is 1. The molecule has 6 heteroatoms. The molecular formula is C15H15N3O3. The molecule has 0 unspecified atom stereocenters. The maximum Gasteiger partial charge on any atom is 0.272 e. The third-order valence-electron chi connectivity index (χ3n) is 3.18. The van der Waals surface area contributed by atoms with Crippen molar-refractivity contribution in [3.8, 4) is 0 Å². The summed E-state index contributed by atoms with van der Waals surface area (Å²) in [6.07, 6.45) is 0. The zero-order valence-electron chi connectivity index (χ0n) is 11.7. The van der Waals surface area contributed by atoms with Gasteiger partial charge in [-0.3, -0.25) is 14.9 Å². The van der Waals surface area contributed by atoms with Crippen LogP contribution < -0.4 is 11.1 Å². The van der Waals surface area contributed by atoms with Crippen LogP contribution in [-0.4, -0.2) is 10.8 Å². The van der Waals surface area contributed by atoms with Gasteiger partial charge in [0, 0.05) is 28.6 Å². The van der Waals surface area contributed by atoms with Crippen LogP contribution in [0.25, 0.3) is 0 Å². The Bertz CT molecular complexity index is 726. The van der Waals surface area contributed by atoms with Crippen molar-refractivity contribution in [3.63, 3.8) is 0 Å². The number of rotatable bonds is 3. The Hall–Kier alpha value is -2.89. The molecule has 3 N–H and O–H groups in total. The molecule has 0 radical (unpaired) electrons. The number of benzene rings is 2. The lowest BCUT2D eigenvalue weighted by Crippen LogP contribution is -2.12. The summed E-state index contributed by atoms with van der Waals surface area (Å²) in [7, 11) is 0. The zero-order valence-corrected chi connectivity index (χ0v) is 11.7. The molecule has 0 fully saturated rings. The quantitative estimate of drug-likeness (QED) is 0.514. The molecule has 6 nitrogen and oxygen atoms in total. The van der Waals surface area contributed by atoms with E-state index in [1.54, 1.807) is 31.2 Å². The number of nitro benzene ring substituents is 1. The van der Waals surface area contributed by atoms with Crippen molar-refractivity contribution in [2.75, 3.05) is 11.1 Å². The first-order valence-corrected chi connectivity index (χ1v) is 6.31.